The van der Waals surface area contributed by atoms with Crippen LogP contribution in [-0.2, 0) is 32.8 Å². The van der Waals surface area contributed by atoms with Crippen LogP contribution in [0.5, 0.6) is 5.75 Å². The normalized spacial score (nSPS) is 14.0. The summed E-state index contributed by atoms with van der Waals surface area (Å²) in [5.41, 5.74) is 3.19. The van der Waals surface area contributed by atoms with E-state index in [0.717, 1.165) is 41.5 Å². The van der Waals surface area contributed by atoms with Gasteiger partial charge < -0.3 is 34.3 Å². The van der Waals surface area contributed by atoms with Crippen molar-refractivity contribution in [3.8, 4) is 5.75 Å². The fraction of sp³-hybridized carbons (Fsp3) is 0.469. The Bertz CT molecular complexity index is 1770. The first kappa shape index (κ1) is 34.4. The topological polar surface area (TPSA) is 136 Å². The fourth-order valence-electron chi connectivity index (χ4n) is 5.34. The van der Waals surface area contributed by atoms with Crippen molar-refractivity contribution in [2.24, 2.45) is 0 Å². The third-order valence-electron chi connectivity index (χ3n) is 7.89. The summed E-state index contributed by atoms with van der Waals surface area (Å²) >= 11 is 0. The van der Waals surface area contributed by atoms with Gasteiger partial charge in [-0.2, -0.15) is 9.97 Å². The molecule has 1 saturated heterocycles. The van der Waals surface area contributed by atoms with Crippen LogP contribution in [0, 0.1) is 0 Å². The smallest absolute Gasteiger partial charge is 0.233 e. The lowest BCUT2D eigenvalue weighted by Crippen LogP contribution is -2.36. The molecule has 0 atom stereocenters. The minimum Gasteiger partial charge on any atom is -0.494 e. The monoisotopic (exact) mass is 682 g/mol. The van der Waals surface area contributed by atoms with E-state index in [9.17, 15) is 8.42 Å². The fourth-order valence-corrected chi connectivity index (χ4v) is 7.04. The Hall–Kier alpha value is -3.92. The van der Waals surface area contributed by atoms with E-state index in [0.29, 0.717) is 55.5 Å². The number of benzene rings is 1. The van der Waals surface area contributed by atoms with Gasteiger partial charge in [-0.15, -0.1) is 0 Å². The molecule has 4 heterocycles. The molecule has 0 spiro atoms. The van der Waals surface area contributed by atoms with Crippen LogP contribution in [0.25, 0.3) is 11.0 Å². The third kappa shape index (κ3) is 8.71. The highest BCUT2D eigenvalue weighted by molar-refractivity contribution is 7.92. The minimum absolute atomic E-state index is 0.265. The van der Waals surface area contributed by atoms with E-state index in [4.69, 9.17) is 24.2 Å². The van der Waals surface area contributed by atoms with Crippen LogP contribution in [0.1, 0.15) is 12.5 Å². The SMILES string of the molecule is CCN(c1ncccc1CNc1nc(Nc2ccc(N3CCOCC3)cc2OC)nc2c1ccn2COCC[Si](C)(C)C)S(C)(=O)=O. The molecule has 5 rings (SSSR count). The van der Waals surface area contributed by atoms with Crippen LogP contribution in [-0.4, -0.2) is 88.8 Å². The molecule has 1 fully saturated rings. The summed E-state index contributed by atoms with van der Waals surface area (Å²) in [5, 5.41) is 7.60. The number of rotatable bonds is 15. The first-order valence-corrected chi connectivity index (χ1v) is 21.4. The van der Waals surface area contributed by atoms with Crippen molar-refractivity contribution in [1.82, 2.24) is 19.5 Å². The molecule has 1 aliphatic heterocycles. The lowest BCUT2D eigenvalue weighted by Gasteiger charge is -2.29. The molecule has 4 aromatic rings. The van der Waals surface area contributed by atoms with Gasteiger partial charge in [0.05, 0.1) is 37.7 Å². The number of nitrogens with one attached hydrogen (secondary N) is 2. The van der Waals surface area contributed by atoms with E-state index in [2.05, 4.69) is 40.2 Å². The molecule has 13 nitrogen and oxygen atoms in total. The second-order valence-corrected chi connectivity index (χ2v) is 20.2. The zero-order valence-electron chi connectivity index (χ0n) is 28.1. The lowest BCUT2D eigenvalue weighted by molar-refractivity contribution is 0.0899. The van der Waals surface area contributed by atoms with Gasteiger partial charge in [-0.1, -0.05) is 25.7 Å². The van der Waals surface area contributed by atoms with Crippen LogP contribution < -0.4 is 24.6 Å². The number of hydrogen-bond donors (Lipinski definition) is 2. The summed E-state index contributed by atoms with van der Waals surface area (Å²) in [4.78, 5) is 16.4. The molecule has 254 valence electrons. The standard InChI is InChI=1S/C32H46N8O5SSi/c1-7-40(46(3,41)42)30-24(9-8-13-33-30)22-34-29-26-12-14-39(23-45-19-20-47(4,5)6)31(26)37-32(36-29)35-27-11-10-25(21-28(27)43-2)38-15-17-44-18-16-38/h8-14,21H,7,15-20,22-23H2,1-6H3,(H2,34,35,36,37). The summed E-state index contributed by atoms with van der Waals surface area (Å²) in [6.07, 6.45) is 4.72. The number of sulfonamides is 1. The summed E-state index contributed by atoms with van der Waals surface area (Å²) < 4.78 is 45.7. The zero-order valence-corrected chi connectivity index (χ0v) is 29.9. The highest BCUT2D eigenvalue weighted by atomic mass is 32.2. The van der Waals surface area contributed by atoms with Gasteiger partial charge in [0.15, 0.2) is 0 Å². The van der Waals surface area contributed by atoms with Crippen molar-refractivity contribution in [1.29, 1.82) is 0 Å². The van der Waals surface area contributed by atoms with E-state index in [1.54, 1.807) is 26.3 Å². The van der Waals surface area contributed by atoms with Crippen LogP contribution >= 0.6 is 0 Å². The molecule has 1 aromatic carbocycles. The second-order valence-electron chi connectivity index (χ2n) is 12.6. The first-order chi connectivity index (χ1) is 22.5. The number of methoxy groups -OCH3 is 1. The number of anilines is 5. The van der Waals surface area contributed by atoms with Crippen molar-refractivity contribution in [3.05, 3.63) is 54.4 Å². The average Bonchev–Trinajstić information content (AvgIpc) is 3.45. The maximum Gasteiger partial charge on any atom is 0.233 e. The van der Waals surface area contributed by atoms with E-state index >= 15 is 0 Å². The van der Waals surface area contributed by atoms with Crippen LogP contribution in [0.3, 0.4) is 0 Å². The first-order valence-electron chi connectivity index (χ1n) is 15.8. The second kappa shape index (κ2) is 14.9. The van der Waals surface area contributed by atoms with E-state index < -0.39 is 18.1 Å². The molecule has 15 heteroatoms. The molecule has 0 bridgehead atoms. The van der Waals surface area contributed by atoms with Gasteiger partial charge >= 0.3 is 0 Å². The molecule has 0 radical (unpaired) electrons. The van der Waals surface area contributed by atoms with Crippen molar-refractivity contribution in [2.45, 2.75) is 45.9 Å². The largest absolute Gasteiger partial charge is 0.494 e. The predicted octanol–water partition coefficient (Wildman–Crippen LogP) is 5.13. The van der Waals surface area contributed by atoms with Gasteiger partial charge in [-0.3, -0.25) is 4.31 Å². The molecule has 1 aliphatic rings. The van der Waals surface area contributed by atoms with Gasteiger partial charge in [-0.05, 0) is 37.2 Å². The predicted molar refractivity (Wildman–Crippen MR) is 190 cm³/mol. The highest BCUT2D eigenvalue weighted by Crippen LogP contribution is 2.33. The highest BCUT2D eigenvalue weighted by Gasteiger charge is 2.21. The number of ether oxygens (including phenoxy) is 3. The molecule has 0 unspecified atom stereocenters. The summed E-state index contributed by atoms with van der Waals surface area (Å²) in [6.45, 7) is 13.4. The summed E-state index contributed by atoms with van der Waals surface area (Å²) in [7, 11) is -3.10. The van der Waals surface area contributed by atoms with E-state index in [1.807, 2.05) is 41.1 Å². The Morgan fingerprint density at radius 3 is 2.60 bits per heavy atom. The van der Waals surface area contributed by atoms with Crippen LogP contribution in [0.4, 0.5) is 29.0 Å². The zero-order chi connectivity index (χ0) is 33.6. The minimum atomic E-state index is -3.51. The van der Waals surface area contributed by atoms with Crippen molar-refractivity contribution in [2.75, 3.05) is 72.7 Å². The van der Waals surface area contributed by atoms with E-state index in [1.165, 1.54) is 10.6 Å². The quantitative estimate of drug-likeness (QED) is 0.128. The molecule has 0 amide bonds. The molecule has 47 heavy (non-hydrogen) atoms. The molecular formula is C32H46N8O5SSi. The van der Waals surface area contributed by atoms with Gasteiger partial charge in [0, 0.05) is 70.6 Å². The average molecular weight is 683 g/mol. The maximum atomic E-state index is 12.5. The van der Waals surface area contributed by atoms with Gasteiger partial charge in [0.25, 0.3) is 0 Å². The Kier molecular flexibility index (Phi) is 10.9. The molecule has 0 saturated carbocycles. The van der Waals surface area contributed by atoms with Crippen LogP contribution in [0.2, 0.25) is 25.7 Å². The molecule has 2 N–H and O–H groups in total. The van der Waals surface area contributed by atoms with Crippen LogP contribution in [0.15, 0.2) is 48.8 Å². The molecule has 3 aromatic heterocycles. The number of nitrogens with zero attached hydrogens (tertiary/aromatic N) is 6. The lowest BCUT2D eigenvalue weighted by atomic mass is 10.2. The Morgan fingerprint density at radius 2 is 1.89 bits per heavy atom. The number of aromatic nitrogens is 4. The Balaban J connectivity index is 1.46. The number of pyridine rings is 1. The Labute approximate surface area is 278 Å². The summed E-state index contributed by atoms with van der Waals surface area (Å²) in [6, 6.07) is 12.7. The van der Waals surface area contributed by atoms with Gasteiger partial charge in [0.2, 0.25) is 16.0 Å². The number of hydrogen-bond acceptors (Lipinski definition) is 11. The maximum absolute atomic E-state index is 12.5. The molecular weight excluding hydrogens is 637 g/mol. The number of morpholine rings is 1. The van der Waals surface area contributed by atoms with E-state index in [-0.39, 0.29) is 13.1 Å². The van der Waals surface area contributed by atoms with Crippen molar-refractivity contribution in [3.63, 3.8) is 0 Å². The molecule has 0 aliphatic carbocycles. The van der Waals surface area contributed by atoms with Crippen molar-refractivity contribution >= 4 is 58.1 Å². The van der Waals surface area contributed by atoms with Crippen molar-refractivity contribution < 1.29 is 22.6 Å². The summed E-state index contributed by atoms with van der Waals surface area (Å²) in [5.74, 6) is 2.00. The van der Waals surface area contributed by atoms with Gasteiger partial charge in [0.1, 0.15) is 29.8 Å². The number of fused-ring (bicyclic) bond motifs is 1. The third-order valence-corrected chi connectivity index (χ3v) is 10.8. The Morgan fingerprint density at radius 1 is 1.11 bits per heavy atom. The van der Waals surface area contributed by atoms with Gasteiger partial charge in [-0.25, -0.2) is 13.4 Å².